The van der Waals surface area contributed by atoms with Crippen LogP contribution in [0.1, 0.15) is 45.2 Å². The first-order valence-electron chi connectivity index (χ1n) is 9.23. The van der Waals surface area contributed by atoms with Gasteiger partial charge >= 0.3 is 6.09 Å². The molecule has 2 N–H and O–H groups in total. The summed E-state index contributed by atoms with van der Waals surface area (Å²) in [5.74, 6) is 0.0341. The molecule has 144 valence electrons. The highest BCUT2D eigenvalue weighted by molar-refractivity contribution is 5.73. The zero-order valence-corrected chi connectivity index (χ0v) is 16.3. The third-order valence-corrected chi connectivity index (χ3v) is 4.77. The van der Waals surface area contributed by atoms with Gasteiger partial charge in [0.15, 0.2) is 0 Å². The minimum atomic E-state index is -0.878. The number of carbonyl (C=O) groups is 2. The van der Waals surface area contributed by atoms with Crippen molar-refractivity contribution in [2.24, 2.45) is 0 Å². The largest absolute Gasteiger partial charge is 0.465 e. The number of nitrogens with zero attached hydrogens (tertiary/aromatic N) is 2. The zero-order chi connectivity index (χ0) is 19.3. The van der Waals surface area contributed by atoms with Crippen molar-refractivity contribution in [3.63, 3.8) is 0 Å². The van der Waals surface area contributed by atoms with Crippen LogP contribution in [0.3, 0.4) is 0 Å². The fourth-order valence-corrected chi connectivity index (χ4v) is 3.41. The summed E-state index contributed by atoms with van der Waals surface area (Å²) in [4.78, 5) is 26.4. The molecule has 0 aromatic heterocycles. The van der Waals surface area contributed by atoms with E-state index in [2.05, 4.69) is 34.5 Å². The molecule has 6 nitrogen and oxygen atoms in total. The van der Waals surface area contributed by atoms with Crippen LogP contribution in [-0.4, -0.2) is 58.1 Å². The van der Waals surface area contributed by atoms with Gasteiger partial charge in [0.1, 0.15) is 0 Å². The minimum Gasteiger partial charge on any atom is -0.465 e. The summed E-state index contributed by atoms with van der Waals surface area (Å²) in [5.41, 5.74) is 1.98. The Morgan fingerprint density at radius 3 is 2.38 bits per heavy atom. The molecule has 26 heavy (non-hydrogen) atoms. The van der Waals surface area contributed by atoms with Gasteiger partial charge in [-0.25, -0.2) is 4.79 Å². The summed E-state index contributed by atoms with van der Waals surface area (Å²) >= 11 is 0. The molecule has 1 atom stereocenters. The summed E-state index contributed by atoms with van der Waals surface area (Å²) in [5, 5.41) is 12.3. The van der Waals surface area contributed by atoms with Crippen molar-refractivity contribution in [3.8, 4) is 0 Å². The molecule has 0 bridgehead atoms. The van der Waals surface area contributed by atoms with Crippen LogP contribution in [0.5, 0.6) is 0 Å². The van der Waals surface area contributed by atoms with Gasteiger partial charge in [-0.3, -0.25) is 9.69 Å². The molecule has 0 spiro atoms. The minimum absolute atomic E-state index is 0.0341. The standard InChI is InChI=1S/C20H31N3O3/c1-15(24)21-18-10-11-22(14-18)13-17-7-5-16(6-8-17)9-12-23(19(25)26)20(2,3)4/h5-8,18H,9-14H2,1-4H3,(H,21,24)(H,25,26). The molecule has 0 aliphatic carbocycles. The van der Waals surface area contributed by atoms with E-state index < -0.39 is 11.6 Å². The lowest BCUT2D eigenvalue weighted by molar-refractivity contribution is -0.119. The quantitative estimate of drug-likeness (QED) is 0.817. The maximum absolute atomic E-state index is 11.4. The Balaban J connectivity index is 1.85. The molecule has 0 saturated carbocycles. The van der Waals surface area contributed by atoms with Gasteiger partial charge in [0.05, 0.1) is 0 Å². The molecular weight excluding hydrogens is 330 g/mol. The fraction of sp³-hybridized carbons (Fsp3) is 0.600. The second-order valence-electron chi connectivity index (χ2n) is 8.09. The molecular formula is C20H31N3O3. The van der Waals surface area contributed by atoms with Gasteiger partial charge in [-0.2, -0.15) is 0 Å². The molecule has 1 aliphatic heterocycles. The van der Waals surface area contributed by atoms with Crippen LogP contribution in [0, 0.1) is 0 Å². The van der Waals surface area contributed by atoms with E-state index in [1.807, 2.05) is 20.8 Å². The molecule has 6 heteroatoms. The van der Waals surface area contributed by atoms with Crippen LogP contribution in [-0.2, 0) is 17.8 Å². The predicted molar refractivity (Wildman–Crippen MR) is 102 cm³/mol. The first-order chi connectivity index (χ1) is 12.1. The van der Waals surface area contributed by atoms with Gasteiger partial charge in [0, 0.05) is 44.7 Å². The Hall–Kier alpha value is -2.08. The number of benzene rings is 1. The smallest absolute Gasteiger partial charge is 0.407 e. The highest BCUT2D eigenvalue weighted by atomic mass is 16.4. The Morgan fingerprint density at radius 1 is 1.23 bits per heavy atom. The zero-order valence-electron chi connectivity index (χ0n) is 16.3. The highest BCUT2D eigenvalue weighted by Crippen LogP contribution is 2.17. The van der Waals surface area contributed by atoms with Crippen molar-refractivity contribution in [3.05, 3.63) is 35.4 Å². The van der Waals surface area contributed by atoms with Crippen molar-refractivity contribution in [1.29, 1.82) is 0 Å². The maximum atomic E-state index is 11.4. The Morgan fingerprint density at radius 2 is 1.85 bits per heavy atom. The van der Waals surface area contributed by atoms with E-state index in [0.717, 1.165) is 31.6 Å². The van der Waals surface area contributed by atoms with E-state index >= 15 is 0 Å². The molecule has 2 rings (SSSR count). The second-order valence-corrected chi connectivity index (χ2v) is 8.09. The normalized spacial score (nSPS) is 17.9. The predicted octanol–water partition coefficient (Wildman–Crippen LogP) is 2.72. The second kappa shape index (κ2) is 8.54. The van der Waals surface area contributed by atoms with Crippen LogP contribution < -0.4 is 5.32 Å². The third kappa shape index (κ3) is 6.02. The highest BCUT2D eigenvalue weighted by Gasteiger charge is 2.25. The third-order valence-electron chi connectivity index (χ3n) is 4.77. The van der Waals surface area contributed by atoms with Gasteiger partial charge in [-0.1, -0.05) is 24.3 Å². The molecule has 1 aromatic carbocycles. The number of amides is 2. The first-order valence-corrected chi connectivity index (χ1v) is 9.23. The average molecular weight is 361 g/mol. The van der Waals surface area contributed by atoms with Crippen LogP contribution in [0.2, 0.25) is 0 Å². The summed E-state index contributed by atoms with van der Waals surface area (Å²) in [7, 11) is 0. The van der Waals surface area contributed by atoms with E-state index in [0.29, 0.717) is 13.0 Å². The van der Waals surface area contributed by atoms with E-state index in [1.54, 1.807) is 6.92 Å². The molecule has 0 radical (unpaired) electrons. The molecule has 1 unspecified atom stereocenters. The number of rotatable bonds is 6. The van der Waals surface area contributed by atoms with Crippen molar-refractivity contribution >= 4 is 12.0 Å². The van der Waals surface area contributed by atoms with Crippen LogP contribution >= 0.6 is 0 Å². The van der Waals surface area contributed by atoms with E-state index in [4.69, 9.17) is 0 Å². The molecule has 1 heterocycles. The number of nitrogens with one attached hydrogen (secondary N) is 1. The fourth-order valence-electron chi connectivity index (χ4n) is 3.41. The van der Waals surface area contributed by atoms with E-state index in [1.165, 1.54) is 10.5 Å². The number of hydrogen-bond acceptors (Lipinski definition) is 3. The van der Waals surface area contributed by atoms with Crippen molar-refractivity contribution in [1.82, 2.24) is 15.1 Å². The molecule has 2 amide bonds. The van der Waals surface area contributed by atoms with Crippen LogP contribution in [0.4, 0.5) is 4.79 Å². The van der Waals surface area contributed by atoms with Gasteiger partial charge < -0.3 is 15.3 Å². The number of carbonyl (C=O) groups excluding carboxylic acids is 1. The van der Waals surface area contributed by atoms with Crippen molar-refractivity contribution in [2.45, 2.75) is 58.7 Å². The Kier molecular flexibility index (Phi) is 6.64. The van der Waals surface area contributed by atoms with E-state index in [9.17, 15) is 14.7 Å². The van der Waals surface area contributed by atoms with E-state index in [-0.39, 0.29) is 11.9 Å². The van der Waals surface area contributed by atoms with Crippen LogP contribution in [0.25, 0.3) is 0 Å². The lowest BCUT2D eigenvalue weighted by Crippen LogP contribution is -2.45. The van der Waals surface area contributed by atoms with Crippen LogP contribution in [0.15, 0.2) is 24.3 Å². The molecule has 1 aromatic rings. The summed E-state index contributed by atoms with van der Waals surface area (Å²) in [6.45, 7) is 10.5. The molecule has 1 saturated heterocycles. The summed E-state index contributed by atoms with van der Waals surface area (Å²) in [6, 6.07) is 8.65. The lowest BCUT2D eigenvalue weighted by Gasteiger charge is -2.33. The Bertz CT molecular complexity index is 622. The number of hydrogen-bond donors (Lipinski definition) is 2. The summed E-state index contributed by atoms with van der Waals surface area (Å²) in [6.07, 6.45) is 0.824. The topological polar surface area (TPSA) is 72.9 Å². The molecule has 1 aliphatic rings. The van der Waals surface area contributed by atoms with Crippen molar-refractivity contribution in [2.75, 3.05) is 19.6 Å². The SMILES string of the molecule is CC(=O)NC1CCN(Cc2ccc(CCN(C(=O)O)C(C)(C)C)cc2)C1. The van der Waals surface area contributed by atoms with Gasteiger partial charge in [-0.15, -0.1) is 0 Å². The number of carboxylic acid groups (broad SMARTS) is 1. The van der Waals surface area contributed by atoms with Crippen molar-refractivity contribution < 1.29 is 14.7 Å². The van der Waals surface area contributed by atoms with Gasteiger partial charge in [0.25, 0.3) is 0 Å². The monoisotopic (exact) mass is 361 g/mol. The Labute approximate surface area is 156 Å². The average Bonchev–Trinajstić information content (AvgIpc) is 2.93. The maximum Gasteiger partial charge on any atom is 0.407 e. The lowest BCUT2D eigenvalue weighted by atomic mass is 10.0. The molecule has 1 fully saturated rings. The first kappa shape index (κ1) is 20.2. The van der Waals surface area contributed by atoms with Gasteiger partial charge in [-0.05, 0) is 44.7 Å². The van der Waals surface area contributed by atoms with Gasteiger partial charge in [0.2, 0.25) is 5.91 Å². The summed E-state index contributed by atoms with van der Waals surface area (Å²) < 4.78 is 0. The number of likely N-dealkylation sites (tertiary alicyclic amines) is 1.